The van der Waals surface area contributed by atoms with E-state index in [2.05, 4.69) is 15.3 Å². The highest BCUT2D eigenvalue weighted by Crippen LogP contribution is 2.40. The van der Waals surface area contributed by atoms with Gasteiger partial charge in [0.2, 0.25) is 5.91 Å². The molecular formula is C16H15N5O4S. The van der Waals surface area contributed by atoms with Crippen molar-refractivity contribution in [2.24, 2.45) is 5.11 Å². The molecule has 3 rings (SSSR count). The van der Waals surface area contributed by atoms with Gasteiger partial charge in [-0.2, -0.15) is 0 Å². The van der Waals surface area contributed by atoms with Crippen molar-refractivity contribution in [2.45, 2.75) is 29.6 Å². The van der Waals surface area contributed by atoms with E-state index in [0.29, 0.717) is 5.56 Å². The number of fused-ring (bicyclic) bond motifs is 1. The Kier molecular flexibility index (Phi) is 4.88. The maximum absolute atomic E-state index is 12.6. The van der Waals surface area contributed by atoms with E-state index < -0.39 is 35.2 Å². The molecule has 4 atom stereocenters. The summed E-state index contributed by atoms with van der Waals surface area (Å²) >= 11 is 1.38. The summed E-state index contributed by atoms with van der Waals surface area (Å²) in [5.41, 5.74) is 9.17. The molecule has 0 radical (unpaired) electrons. The SMILES string of the molecule is CC1C=C(C(=O)O)N2C(=O)C(NC(=O)C(N=[N+]=[N-])c3ccccc3)[C@@H]2S1. The van der Waals surface area contributed by atoms with Gasteiger partial charge in [-0.15, -0.1) is 11.8 Å². The topological polar surface area (TPSA) is 135 Å². The minimum atomic E-state index is -1.18. The Labute approximate surface area is 152 Å². The van der Waals surface area contributed by atoms with Crippen molar-refractivity contribution in [3.63, 3.8) is 0 Å². The molecule has 1 aromatic carbocycles. The van der Waals surface area contributed by atoms with Crippen molar-refractivity contribution >= 4 is 29.5 Å². The quantitative estimate of drug-likeness (QED) is 0.351. The number of β-lactam (4-membered cyclic amide) rings is 1. The van der Waals surface area contributed by atoms with E-state index in [1.807, 2.05) is 6.92 Å². The highest BCUT2D eigenvalue weighted by Gasteiger charge is 2.54. The molecule has 2 amide bonds. The van der Waals surface area contributed by atoms with Crippen LogP contribution in [0.15, 0.2) is 47.2 Å². The second-order valence-electron chi connectivity index (χ2n) is 5.80. The van der Waals surface area contributed by atoms with E-state index in [1.54, 1.807) is 30.3 Å². The van der Waals surface area contributed by atoms with Crippen LogP contribution in [-0.4, -0.2) is 44.5 Å². The van der Waals surface area contributed by atoms with Crippen LogP contribution in [-0.2, 0) is 14.4 Å². The van der Waals surface area contributed by atoms with Gasteiger partial charge in [-0.3, -0.25) is 14.5 Å². The monoisotopic (exact) mass is 373 g/mol. The van der Waals surface area contributed by atoms with Crippen LogP contribution >= 0.6 is 11.8 Å². The van der Waals surface area contributed by atoms with E-state index in [4.69, 9.17) is 5.53 Å². The molecule has 2 heterocycles. The van der Waals surface area contributed by atoms with Gasteiger partial charge in [-0.05, 0) is 24.1 Å². The third-order valence-corrected chi connectivity index (χ3v) is 5.42. The first kappa shape index (κ1) is 17.8. The lowest BCUT2D eigenvalue weighted by Gasteiger charge is -2.49. The van der Waals surface area contributed by atoms with Crippen LogP contribution in [0.25, 0.3) is 10.4 Å². The fourth-order valence-electron chi connectivity index (χ4n) is 2.92. The van der Waals surface area contributed by atoms with Crippen LogP contribution in [0.2, 0.25) is 0 Å². The first-order valence-corrected chi connectivity index (χ1v) is 8.71. The molecule has 0 aliphatic carbocycles. The second kappa shape index (κ2) is 7.11. The number of hydrogen-bond acceptors (Lipinski definition) is 5. The number of azide groups is 1. The van der Waals surface area contributed by atoms with E-state index in [1.165, 1.54) is 22.7 Å². The van der Waals surface area contributed by atoms with E-state index in [0.717, 1.165) is 0 Å². The Hall–Kier alpha value is -2.97. The van der Waals surface area contributed by atoms with E-state index in [9.17, 15) is 19.5 Å². The number of thioether (sulfide) groups is 1. The molecule has 134 valence electrons. The van der Waals surface area contributed by atoms with Crippen molar-refractivity contribution in [1.82, 2.24) is 10.2 Å². The smallest absolute Gasteiger partial charge is 0.352 e. The standard InChI is InChI=1S/C16H15N5O4S/c1-8-7-10(16(24)25)21-14(23)12(15(21)26-8)18-13(22)11(19-20-17)9-5-3-2-4-6-9/h2-8,11-12,15H,1H3,(H,18,22)(H,24,25)/t8?,11?,12?,15-/m0/s1. The number of carbonyl (C=O) groups excluding carboxylic acids is 2. The Morgan fingerprint density at radius 3 is 2.69 bits per heavy atom. The average molecular weight is 373 g/mol. The first-order valence-electron chi connectivity index (χ1n) is 7.77. The van der Waals surface area contributed by atoms with Gasteiger partial charge in [0.25, 0.3) is 5.91 Å². The maximum atomic E-state index is 12.6. The summed E-state index contributed by atoms with van der Waals surface area (Å²) in [7, 11) is 0. The number of aliphatic carboxylic acids is 1. The van der Waals surface area contributed by atoms with Crippen molar-refractivity contribution in [1.29, 1.82) is 0 Å². The fraction of sp³-hybridized carbons (Fsp3) is 0.312. The molecule has 2 aliphatic heterocycles. The van der Waals surface area contributed by atoms with Gasteiger partial charge in [0.15, 0.2) is 0 Å². The molecule has 0 aromatic heterocycles. The first-order chi connectivity index (χ1) is 12.4. The molecular weight excluding hydrogens is 358 g/mol. The predicted molar refractivity (Wildman–Crippen MR) is 93.7 cm³/mol. The molecule has 0 spiro atoms. The number of nitrogens with zero attached hydrogens (tertiary/aromatic N) is 4. The Bertz CT molecular complexity index is 836. The van der Waals surface area contributed by atoms with Crippen molar-refractivity contribution < 1.29 is 19.5 Å². The van der Waals surface area contributed by atoms with E-state index >= 15 is 0 Å². The third kappa shape index (κ3) is 3.12. The molecule has 0 bridgehead atoms. The number of carboxylic acid groups (broad SMARTS) is 1. The Balaban J connectivity index is 1.78. The lowest BCUT2D eigenvalue weighted by atomic mass is 10.0. The largest absolute Gasteiger partial charge is 0.477 e. The van der Waals surface area contributed by atoms with E-state index in [-0.39, 0.29) is 10.9 Å². The van der Waals surface area contributed by atoms with Crippen molar-refractivity contribution in [2.75, 3.05) is 0 Å². The third-order valence-electron chi connectivity index (χ3n) is 4.10. The number of benzene rings is 1. The number of hydrogen-bond donors (Lipinski definition) is 2. The molecule has 10 heteroatoms. The molecule has 0 saturated carbocycles. The molecule has 1 saturated heterocycles. The number of nitrogens with one attached hydrogen (secondary N) is 1. The zero-order valence-electron chi connectivity index (χ0n) is 13.6. The minimum Gasteiger partial charge on any atom is -0.477 e. The summed E-state index contributed by atoms with van der Waals surface area (Å²) < 4.78 is 0. The molecule has 2 N–H and O–H groups in total. The van der Waals surface area contributed by atoms with Crippen LogP contribution in [0.4, 0.5) is 0 Å². The lowest BCUT2D eigenvalue weighted by molar-refractivity contribution is -0.150. The molecule has 1 aromatic rings. The second-order valence-corrected chi connectivity index (χ2v) is 7.30. The van der Waals surface area contributed by atoms with Crippen LogP contribution < -0.4 is 5.32 Å². The van der Waals surface area contributed by atoms with Crippen LogP contribution in [0.1, 0.15) is 18.5 Å². The van der Waals surface area contributed by atoms with Gasteiger partial charge in [-0.25, -0.2) is 4.79 Å². The summed E-state index contributed by atoms with van der Waals surface area (Å²) in [5.74, 6) is -2.28. The summed E-state index contributed by atoms with van der Waals surface area (Å²) in [6, 6.07) is 6.51. The zero-order chi connectivity index (χ0) is 18.8. The number of rotatable bonds is 5. The highest BCUT2D eigenvalue weighted by atomic mass is 32.2. The van der Waals surface area contributed by atoms with Crippen molar-refractivity contribution in [3.8, 4) is 0 Å². The van der Waals surface area contributed by atoms with Crippen molar-refractivity contribution in [3.05, 3.63) is 58.1 Å². The van der Waals surface area contributed by atoms with Gasteiger partial charge in [-0.1, -0.05) is 35.4 Å². The molecule has 26 heavy (non-hydrogen) atoms. The average Bonchev–Trinajstić information content (AvgIpc) is 2.63. The molecule has 2 aliphatic rings. The number of amides is 2. The van der Waals surface area contributed by atoms with Gasteiger partial charge in [0.05, 0.1) is 0 Å². The molecule has 1 fully saturated rings. The van der Waals surface area contributed by atoms with Gasteiger partial charge < -0.3 is 10.4 Å². The summed E-state index contributed by atoms with van der Waals surface area (Å²) in [6.07, 6.45) is 1.51. The maximum Gasteiger partial charge on any atom is 0.352 e. The summed E-state index contributed by atoms with van der Waals surface area (Å²) in [6.45, 7) is 1.82. The zero-order valence-corrected chi connectivity index (χ0v) is 14.5. The highest BCUT2D eigenvalue weighted by molar-refractivity contribution is 8.00. The lowest BCUT2D eigenvalue weighted by Crippen LogP contribution is -2.70. The minimum absolute atomic E-state index is 0.0774. The molecule has 3 unspecified atom stereocenters. The summed E-state index contributed by atoms with van der Waals surface area (Å²) in [5, 5.41) is 14.8. The Morgan fingerprint density at radius 2 is 2.08 bits per heavy atom. The summed E-state index contributed by atoms with van der Waals surface area (Å²) in [4.78, 5) is 40.1. The fourth-order valence-corrected chi connectivity index (χ4v) is 4.25. The van der Waals surface area contributed by atoms with Gasteiger partial charge >= 0.3 is 5.97 Å². The Morgan fingerprint density at radius 1 is 1.38 bits per heavy atom. The van der Waals surface area contributed by atoms with Crippen LogP contribution in [0, 0.1) is 0 Å². The van der Waals surface area contributed by atoms with Gasteiger partial charge in [0, 0.05) is 10.2 Å². The predicted octanol–water partition coefficient (Wildman–Crippen LogP) is 1.79. The normalized spacial score (nSPS) is 25.1. The van der Waals surface area contributed by atoms with Crippen LogP contribution in [0.3, 0.4) is 0 Å². The van der Waals surface area contributed by atoms with Crippen LogP contribution in [0.5, 0.6) is 0 Å². The number of carboxylic acids is 1. The number of carbonyl (C=O) groups is 3. The molecule has 9 nitrogen and oxygen atoms in total. The van der Waals surface area contributed by atoms with Gasteiger partial charge in [0.1, 0.15) is 23.2 Å².